The minimum Gasteiger partial charge on any atom is -0.493 e. The van der Waals surface area contributed by atoms with Gasteiger partial charge in [-0.05, 0) is 25.1 Å². The normalized spacial score (nSPS) is 10.5. The summed E-state index contributed by atoms with van der Waals surface area (Å²) in [5, 5.41) is 0.677. The van der Waals surface area contributed by atoms with Crippen molar-refractivity contribution >= 4 is 34.4 Å². The molecule has 0 aliphatic carbocycles. The molecule has 0 saturated carbocycles. The van der Waals surface area contributed by atoms with Gasteiger partial charge < -0.3 is 14.2 Å². The maximum absolute atomic E-state index is 12.3. The summed E-state index contributed by atoms with van der Waals surface area (Å²) in [4.78, 5) is 28.5. The highest BCUT2D eigenvalue weighted by Crippen LogP contribution is 2.36. The van der Waals surface area contributed by atoms with E-state index in [1.165, 1.54) is 19.4 Å². The van der Waals surface area contributed by atoms with Gasteiger partial charge >= 0.3 is 11.9 Å². The van der Waals surface area contributed by atoms with Crippen molar-refractivity contribution in [2.75, 3.05) is 13.7 Å². The first-order valence-electron chi connectivity index (χ1n) is 8.15. The minimum atomic E-state index is -0.560. The molecule has 0 amide bonds. The summed E-state index contributed by atoms with van der Waals surface area (Å²) in [6, 6.07) is 11.7. The van der Waals surface area contributed by atoms with Crippen molar-refractivity contribution in [3.05, 3.63) is 64.8 Å². The van der Waals surface area contributed by atoms with Crippen molar-refractivity contribution in [2.24, 2.45) is 0 Å². The van der Waals surface area contributed by atoms with Crippen LogP contribution >= 0.6 is 11.6 Å². The Bertz CT molecular complexity index is 1000. The Morgan fingerprint density at radius 2 is 1.81 bits per heavy atom. The van der Waals surface area contributed by atoms with Crippen molar-refractivity contribution in [2.45, 2.75) is 6.92 Å². The molecule has 3 rings (SSSR count). The van der Waals surface area contributed by atoms with Gasteiger partial charge in [0.1, 0.15) is 0 Å². The molecule has 0 aliphatic heterocycles. The monoisotopic (exact) mass is 385 g/mol. The first-order valence-corrected chi connectivity index (χ1v) is 8.53. The highest BCUT2D eigenvalue weighted by molar-refractivity contribution is 6.38. The van der Waals surface area contributed by atoms with E-state index in [2.05, 4.69) is 4.98 Å². The lowest BCUT2D eigenvalue weighted by atomic mass is 10.1. The fourth-order valence-electron chi connectivity index (χ4n) is 2.49. The molecular weight excluding hydrogens is 370 g/mol. The van der Waals surface area contributed by atoms with E-state index in [4.69, 9.17) is 25.8 Å². The van der Waals surface area contributed by atoms with E-state index < -0.39 is 11.9 Å². The number of fused-ring (bicyclic) bond motifs is 1. The van der Waals surface area contributed by atoms with Crippen molar-refractivity contribution in [3.63, 3.8) is 0 Å². The van der Waals surface area contributed by atoms with Gasteiger partial charge in [0, 0.05) is 17.6 Å². The van der Waals surface area contributed by atoms with Gasteiger partial charge in [-0.15, -0.1) is 0 Å². The number of carbonyl (C=O) groups is 2. The molecule has 3 aromatic rings. The third-order valence-corrected chi connectivity index (χ3v) is 4.20. The van der Waals surface area contributed by atoms with Gasteiger partial charge in [0.25, 0.3) is 0 Å². The van der Waals surface area contributed by atoms with E-state index in [-0.39, 0.29) is 28.7 Å². The van der Waals surface area contributed by atoms with Crippen LogP contribution in [0.2, 0.25) is 5.02 Å². The van der Waals surface area contributed by atoms with Crippen LogP contribution in [0.15, 0.2) is 48.7 Å². The summed E-state index contributed by atoms with van der Waals surface area (Å²) >= 11 is 6.35. The predicted molar refractivity (Wildman–Crippen MR) is 101 cm³/mol. The average molecular weight is 386 g/mol. The van der Waals surface area contributed by atoms with Crippen LogP contribution in [0.3, 0.4) is 0 Å². The summed E-state index contributed by atoms with van der Waals surface area (Å²) in [6.45, 7) is 1.93. The van der Waals surface area contributed by atoms with Crippen LogP contribution < -0.4 is 9.47 Å². The number of rotatable bonds is 5. The Hall–Kier alpha value is -3.12. The number of nitrogens with zero attached hydrogens (tertiary/aromatic N) is 1. The van der Waals surface area contributed by atoms with E-state index in [1.807, 2.05) is 0 Å². The number of esters is 2. The molecule has 0 saturated heterocycles. The SMILES string of the molecule is CCOC(=O)c1cnc2cc(OC(=O)c3ccccc3)c(OC)cc2c1Cl. The van der Waals surface area contributed by atoms with Gasteiger partial charge in [-0.25, -0.2) is 9.59 Å². The first-order chi connectivity index (χ1) is 13.0. The molecule has 138 valence electrons. The number of hydrogen-bond donors (Lipinski definition) is 0. The Morgan fingerprint density at radius 1 is 1.07 bits per heavy atom. The first kappa shape index (κ1) is 18.7. The quantitative estimate of drug-likeness (QED) is 0.481. The van der Waals surface area contributed by atoms with Gasteiger partial charge in [0.15, 0.2) is 11.5 Å². The zero-order chi connectivity index (χ0) is 19.4. The molecule has 1 heterocycles. The average Bonchev–Trinajstić information content (AvgIpc) is 2.68. The number of aromatic nitrogens is 1. The van der Waals surface area contributed by atoms with Gasteiger partial charge in [-0.3, -0.25) is 4.98 Å². The van der Waals surface area contributed by atoms with Crippen LogP contribution in [-0.4, -0.2) is 30.6 Å². The van der Waals surface area contributed by atoms with Crippen LogP contribution in [-0.2, 0) is 4.74 Å². The molecule has 0 aliphatic rings. The Balaban J connectivity index is 2.01. The molecule has 0 radical (unpaired) electrons. The summed E-state index contributed by atoms with van der Waals surface area (Å²) < 4.78 is 15.7. The van der Waals surface area contributed by atoms with E-state index >= 15 is 0 Å². The van der Waals surface area contributed by atoms with Crippen LogP contribution in [0.5, 0.6) is 11.5 Å². The summed E-state index contributed by atoms with van der Waals surface area (Å²) in [5.41, 5.74) is 1.01. The van der Waals surface area contributed by atoms with Gasteiger partial charge in [-0.2, -0.15) is 0 Å². The van der Waals surface area contributed by atoms with Crippen LogP contribution in [0, 0.1) is 0 Å². The molecule has 0 fully saturated rings. The predicted octanol–water partition coefficient (Wildman–Crippen LogP) is 4.29. The Kier molecular flexibility index (Phi) is 5.57. The molecule has 1 aromatic heterocycles. The molecule has 7 heteroatoms. The van der Waals surface area contributed by atoms with Gasteiger partial charge in [0.2, 0.25) is 0 Å². The second kappa shape index (κ2) is 8.05. The van der Waals surface area contributed by atoms with Crippen LogP contribution in [0.25, 0.3) is 10.9 Å². The standard InChI is InChI=1S/C20H16ClNO5/c1-3-26-20(24)14-11-22-15-10-17(16(25-2)9-13(15)18(14)21)27-19(23)12-7-5-4-6-8-12/h4-11H,3H2,1-2H3. The highest BCUT2D eigenvalue weighted by Gasteiger charge is 2.19. The third kappa shape index (κ3) is 3.85. The lowest BCUT2D eigenvalue weighted by Crippen LogP contribution is -2.09. The molecule has 6 nitrogen and oxygen atoms in total. The van der Waals surface area contributed by atoms with E-state index in [0.717, 1.165) is 0 Å². The lowest BCUT2D eigenvalue weighted by Gasteiger charge is -2.12. The number of hydrogen-bond acceptors (Lipinski definition) is 6. The van der Waals surface area contributed by atoms with Crippen LogP contribution in [0.4, 0.5) is 0 Å². The van der Waals surface area contributed by atoms with Gasteiger partial charge in [0.05, 0.1) is 35.4 Å². The summed E-state index contributed by atoms with van der Waals surface area (Å²) in [6.07, 6.45) is 1.33. The largest absolute Gasteiger partial charge is 0.493 e. The minimum absolute atomic E-state index is 0.155. The fraction of sp³-hybridized carbons (Fsp3) is 0.150. The zero-order valence-electron chi connectivity index (χ0n) is 14.7. The summed E-state index contributed by atoms with van der Waals surface area (Å²) in [7, 11) is 1.44. The number of carbonyl (C=O) groups excluding carboxylic acids is 2. The van der Waals surface area contributed by atoms with E-state index in [9.17, 15) is 9.59 Å². The topological polar surface area (TPSA) is 74.7 Å². The molecule has 27 heavy (non-hydrogen) atoms. The molecule has 0 bridgehead atoms. The zero-order valence-corrected chi connectivity index (χ0v) is 15.4. The molecule has 0 spiro atoms. The number of benzene rings is 2. The highest BCUT2D eigenvalue weighted by atomic mass is 35.5. The Morgan fingerprint density at radius 3 is 2.48 bits per heavy atom. The lowest BCUT2D eigenvalue weighted by molar-refractivity contribution is 0.0526. The second-order valence-electron chi connectivity index (χ2n) is 5.48. The number of pyridine rings is 1. The number of methoxy groups -OCH3 is 1. The van der Waals surface area contributed by atoms with E-state index in [1.54, 1.807) is 43.3 Å². The second-order valence-corrected chi connectivity index (χ2v) is 5.86. The molecule has 2 aromatic carbocycles. The third-order valence-electron chi connectivity index (χ3n) is 3.80. The Labute approximate surface area is 160 Å². The maximum Gasteiger partial charge on any atom is 0.343 e. The van der Waals surface area contributed by atoms with Crippen molar-refractivity contribution in [1.82, 2.24) is 4.98 Å². The number of ether oxygens (including phenoxy) is 3. The van der Waals surface area contributed by atoms with Crippen molar-refractivity contribution < 1.29 is 23.8 Å². The van der Waals surface area contributed by atoms with Gasteiger partial charge in [-0.1, -0.05) is 29.8 Å². The van der Waals surface area contributed by atoms with Crippen molar-refractivity contribution in [3.8, 4) is 11.5 Å². The smallest absolute Gasteiger partial charge is 0.343 e. The van der Waals surface area contributed by atoms with E-state index in [0.29, 0.717) is 16.5 Å². The number of halogens is 1. The molecule has 0 atom stereocenters. The fourth-order valence-corrected chi connectivity index (χ4v) is 2.77. The van der Waals surface area contributed by atoms with Crippen LogP contribution in [0.1, 0.15) is 27.6 Å². The molecular formula is C20H16ClNO5. The van der Waals surface area contributed by atoms with Crippen molar-refractivity contribution in [1.29, 1.82) is 0 Å². The molecule has 0 N–H and O–H groups in total. The summed E-state index contributed by atoms with van der Waals surface area (Å²) in [5.74, 6) is -0.597. The maximum atomic E-state index is 12.3. The molecule has 0 unspecified atom stereocenters.